The first-order chi connectivity index (χ1) is 10.0. The third-order valence-corrected chi connectivity index (χ3v) is 3.33. The van der Waals surface area contributed by atoms with Crippen molar-refractivity contribution in [2.24, 2.45) is 0 Å². The predicted molar refractivity (Wildman–Crippen MR) is 82.9 cm³/mol. The summed E-state index contributed by atoms with van der Waals surface area (Å²) in [5.41, 5.74) is 3.26. The number of nitrogens with one attached hydrogen (secondary N) is 1. The van der Waals surface area contributed by atoms with Gasteiger partial charge in [0.25, 0.3) is 5.91 Å². The number of halogens is 1. The zero-order chi connectivity index (χ0) is 15.4. The van der Waals surface area contributed by atoms with Gasteiger partial charge >= 0.3 is 0 Å². The van der Waals surface area contributed by atoms with Crippen LogP contribution in [-0.4, -0.2) is 24.9 Å². The number of carbonyl (C=O) groups excluding carboxylic acids is 1. The zero-order valence-electron chi connectivity index (χ0n) is 12.5. The molecule has 0 aliphatic heterocycles. The maximum absolute atomic E-state index is 13.2. The number of nitrogens with zero attached hydrogens (tertiary/aromatic N) is 1. The molecule has 0 radical (unpaired) electrons. The summed E-state index contributed by atoms with van der Waals surface area (Å²) in [4.78, 5) is 14.1. The monoisotopic (exact) mass is 286 g/mol. The number of benzene rings is 2. The van der Waals surface area contributed by atoms with E-state index >= 15 is 0 Å². The van der Waals surface area contributed by atoms with E-state index in [0.717, 1.165) is 16.8 Å². The molecule has 0 fully saturated rings. The molecule has 0 aliphatic rings. The van der Waals surface area contributed by atoms with Gasteiger partial charge in [0.05, 0.1) is 5.56 Å². The van der Waals surface area contributed by atoms with E-state index in [1.165, 1.54) is 12.1 Å². The number of hydrogen-bond donors (Lipinski definition) is 1. The Labute approximate surface area is 124 Å². The van der Waals surface area contributed by atoms with Crippen LogP contribution in [0, 0.1) is 12.7 Å². The molecule has 0 atom stereocenters. The van der Waals surface area contributed by atoms with Crippen LogP contribution in [0.1, 0.15) is 21.5 Å². The quantitative estimate of drug-likeness (QED) is 0.933. The molecule has 0 spiro atoms. The molecule has 0 saturated heterocycles. The van der Waals surface area contributed by atoms with E-state index < -0.39 is 0 Å². The number of aryl methyl sites for hydroxylation is 1. The summed E-state index contributed by atoms with van der Waals surface area (Å²) >= 11 is 0. The molecule has 0 aliphatic carbocycles. The van der Waals surface area contributed by atoms with Gasteiger partial charge in [0.15, 0.2) is 0 Å². The van der Waals surface area contributed by atoms with Crippen LogP contribution in [-0.2, 0) is 6.54 Å². The first-order valence-electron chi connectivity index (χ1n) is 6.79. The Morgan fingerprint density at radius 1 is 1.24 bits per heavy atom. The van der Waals surface area contributed by atoms with Crippen LogP contribution in [0.25, 0.3) is 0 Å². The molecule has 110 valence electrons. The predicted octanol–water partition coefficient (Wildman–Crippen LogP) is 3.45. The molecule has 0 unspecified atom stereocenters. The van der Waals surface area contributed by atoms with E-state index in [2.05, 4.69) is 5.32 Å². The minimum atomic E-state index is -0.292. The van der Waals surface area contributed by atoms with Crippen molar-refractivity contribution in [1.29, 1.82) is 0 Å². The highest BCUT2D eigenvalue weighted by atomic mass is 19.1. The Bertz CT molecular complexity index is 655. The lowest BCUT2D eigenvalue weighted by Crippen LogP contribution is -2.27. The summed E-state index contributed by atoms with van der Waals surface area (Å²) in [5.74, 6) is -0.386. The van der Waals surface area contributed by atoms with Crippen LogP contribution in [0.5, 0.6) is 0 Å². The number of hydrogen-bond acceptors (Lipinski definition) is 2. The standard InChI is InChI=1S/C17H19FN2O/c1-12-7-8-15(16(9-12)19-2)17(21)20(3)11-13-5-4-6-14(18)10-13/h4-10,19H,11H2,1-3H3. The summed E-state index contributed by atoms with van der Waals surface area (Å²) in [6.07, 6.45) is 0. The van der Waals surface area contributed by atoms with Crippen LogP contribution in [0.3, 0.4) is 0 Å². The van der Waals surface area contributed by atoms with Gasteiger partial charge in [-0.15, -0.1) is 0 Å². The molecule has 4 heteroatoms. The van der Waals surface area contributed by atoms with Crippen LogP contribution in [0.4, 0.5) is 10.1 Å². The molecule has 2 aromatic rings. The van der Waals surface area contributed by atoms with E-state index in [1.54, 1.807) is 31.1 Å². The SMILES string of the molecule is CNc1cc(C)ccc1C(=O)N(C)Cc1cccc(F)c1. The topological polar surface area (TPSA) is 32.3 Å². The summed E-state index contributed by atoms with van der Waals surface area (Å²) in [6.45, 7) is 2.35. The average Bonchev–Trinajstić information content (AvgIpc) is 2.46. The Morgan fingerprint density at radius 2 is 2.00 bits per heavy atom. The minimum Gasteiger partial charge on any atom is -0.387 e. The molecule has 21 heavy (non-hydrogen) atoms. The highest BCUT2D eigenvalue weighted by Gasteiger charge is 2.15. The van der Waals surface area contributed by atoms with Gasteiger partial charge in [-0.25, -0.2) is 4.39 Å². The number of carbonyl (C=O) groups is 1. The lowest BCUT2D eigenvalue weighted by molar-refractivity contribution is 0.0786. The molecule has 0 aromatic heterocycles. The molecule has 1 amide bonds. The second-order valence-electron chi connectivity index (χ2n) is 5.09. The highest BCUT2D eigenvalue weighted by molar-refractivity contribution is 5.99. The van der Waals surface area contributed by atoms with Crippen molar-refractivity contribution < 1.29 is 9.18 Å². The van der Waals surface area contributed by atoms with Crippen molar-refractivity contribution in [1.82, 2.24) is 4.90 Å². The summed E-state index contributed by atoms with van der Waals surface area (Å²) in [5, 5.41) is 3.04. The Kier molecular flexibility index (Phi) is 4.58. The first kappa shape index (κ1) is 15.0. The second-order valence-corrected chi connectivity index (χ2v) is 5.09. The largest absolute Gasteiger partial charge is 0.387 e. The maximum atomic E-state index is 13.2. The molecule has 0 bridgehead atoms. The van der Waals surface area contributed by atoms with Crippen LogP contribution < -0.4 is 5.32 Å². The number of anilines is 1. The lowest BCUT2D eigenvalue weighted by Gasteiger charge is -2.19. The zero-order valence-corrected chi connectivity index (χ0v) is 12.5. The van der Waals surface area contributed by atoms with Crippen LogP contribution in [0.15, 0.2) is 42.5 Å². The third-order valence-electron chi connectivity index (χ3n) is 3.33. The van der Waals surface area contributed by atoms with Gasteiger partial charge in [-0.3, -0.25) is 4.79 Å². The Hall–Kier alpha value is -2.36. The molecule has 0 saturated carbocycles. The highest BCUT2D eigenvalue weighted by Crippen LogP contribution is 2.19. The van der Waals surface area contributed by atoms with Gasteiger partial charge in [-0.2, -0.15) is 0 Å². The smallest absolute Gasteiger partial charge is 0.255 e. The fourth-order valence-electron chi connectivity index (χ4n) is 2.24. The molecule has 2 rings (SSSR count). The summed E-state index contributed by atoms with van der Waals surface area (Å²) in [6, 6.07) is 11.9. The summed E-state index contributed by atoms with van der Waals surface area (Å²) in [7, 11) is 3.50. The molecule has 2 aromatic carbocycles. The van der Waals surface area contributed by atoms with Crippen molar-refractivity contribution in [3.05, 3.63) is 65.0 Å². The first-order valence-corrected chi connectivity index (χ1v) is 6.79. The van der Waals surface area contributed by atoms with Gasteiger partial charge in [0.2, 0.25) is 0 Å². The van der Waals surface area contributed by atoms with E-state index in [1.807, 2.05) is 25.1 Å². The van der Waals surface area contributed by atoms with Gasteiger partial charge in [0, 0.05) is 26.3 Å². The Morgan fingerprint density at radius 3 is 2.67 bits per heavy atom. The normalized spacial score (nSPS) is 10.3. The molecule has 3 nitrogen and oxygen atoms in total. The van der Waals surface area contributed by atoms with Crippen molar-refractivity contribution >= 4 is 11.6 Å². The second kappa shape index (κ2) is 6.39. The molecular formula is C17H19FN2O. The fourth-order valence-corrected chi connectivity index (χ4v) is 2.24. The molecule has 0 heterocycles. The van der Waals surface area contributed by atoms with Crippen molar-refractivity contribution in [3.63, 3.8) is 0 Å². The van der Waals surface area contributed by atoms with Crippen molar-refractivity contribution in [2.45, 2.75) is 13.5 Å². The van der Waals surface area contributed by atoms with Gasteiger partial charge in [-0.1, -0.05) is 18.2 Å². The van der Waals surface area contributed by atoms with Crippen LogP contribution >= 0.6 is 0 Å². The third kappa shape index (κ3) is 3.60. The van der Waals surface area contributed by atoms with Gasteiger partial charge in [0.1, 0.15) is 5.82 Å². The van der Waals surface area contributed by atoms with E-state index in [0.29, 0.717) is 12.1 Å². The van der Waals surface area contributed by atoms with Gasteiger partial charge in [-0.05, 0) is 42.3 Å². The van der Waals surface area contributed by atoms with E-state index in [9.17, 15) is 9.18 Å². The number of rotatable bonds is 4. The maximum Gasteiger partial charge on any atom is 0.255 e. The van der Waals surface area contributed by atoms with Crippen molar-refractivity contribution in [3.8, 4) is 0 Å². The molecule has 1 N–H and O–H groups in total. The Balaban J connectivity index is 2.19. The summed E-state index contributed by atoms with van der Waals surface area (Å²) < 4.78 is 13.2. The lowest BCUT2D eigenvalue weighted by atomic mass is 10.1. The number of amides is 1. The average molecular weight is 286 g/mol. The molecular weight excluding hydrogens is 267 g/mol. The van der Waals surface area contributed by atoms with E-state index in [4.69, 9.17) is 0 Å². The van der Waals surface area contributed by atoms with Crippen LogP contribution in [0.2, 0.25) is 0 Å². The van der Waals surface area contributed by atoms with E-state index in [-0.39, 0.29) is 11.7 Å². The van der Waals surface area contributed by atoms with Crippen molar-refractivity contribution in [2.75, 3.05) is 19.4 Å². The fraction of sp³-hybridized carbons (Fsp3) is 0.235. The minimum absolute atomic E-state index is 0.0939. The van der Waals surface area contributed by atoms with Gasteiger partial charge < -0.3 is 10.2 Å².